The number of aryl methyl sites for hydroxylation is 2. The van der Waals surface area contributed by atoms with Crippen LogP contribution in [0.5, 0.6) is 0 Å². The lowest BCUT2D eigenvalue weighted by molar-refractivity contribution is -0.137. The Balaban J connectivity index is 1.89. The monoisotopic (exact) mass is 397 g/mol. The van der Waals surface area contributed by atoms with Crippen LogP contribution in [0.1, 0.15) is 46.9 Å². The molecule has 0 fully saturated rings. The van der Waals surface area contributed by atoms with Gasteiger partial charge in [-0.25, -0.2) is 0 Å². The van der Waals surface area contributed by atoms with E-state index in [4.69, 9.17) is 16.4 Å². The van der Waals surface area contributed by atoms with Crippen molar-refractivity contribution in [3.05, 3.63) is 69.2 Å². The largest absolute Gasteiger partial charge is 0.416 e. The van der Waals surface area contributed by atoms with Gasteiger partial charge in [-0.2, -0.15) is 13.2 Å². The molecule has 3 unspecified atom stereocenters. The van der Waals surface area contributed by atoms with E-state index in [-0.39, 0.29) is 0 Å². The third-order valence-corrected chi connectivity index (χ3v) is 5.02. The van der Waals surface area contributed by atoms with Crippen LogP contribution in [0.25, 0.3) is 0 Å². The van der Waals surface area contributed by atoms with Crippen molar-refractivity contribution in [1.82, 2.24) is 0 Å². The topological polar surface area (TPSA) is 41.8 Å². The Kier molecular flexibility index (Phi) is 5.23. The van der Waals surface area contributed by atoms with E-state index >= 15 is 0 Å². The van der Waals surface area contributed by atoms with Crippen molar-refractivity contribution in [3.8, 4) is 0 Å². The summed E-state index contributed by atoms with van der Waals surface area (Å²) in [6.45, 7) is 5.23. The fourth-order valence-electron chi connectivity index (χ4n) is 3.27. The number of hydrogen-bond acceptors (Lipinski definition) is 3. The van der Waals surface area contributed by atoms with Crippen molar-refractivity contribution < 1.29 is 23.1 Å². The van der Waals surface area contributed by atoms with Crippen LogP contribution >= 0.6 is 11.6 Å². The van der Waals surface area contributed by atoms with Crippen LogP contribution in [0.4, 0.5) is 13.2 Å². The standard InChI is InChI=1S/C20H19ClF3NO2/c1-10-4-5-16(21)15(8-10)18(26)17-12(3)19(27-25-17)13-6-11(2)7-14(9-13)20(22,23)24/h4-9,12,18-19,26H,1-3H3. The number of hydrogen-bond donors (Lipinski definition) is 1. The van der Waals surface area contributed by atoms with Crippen LogP contribution in [0.2, 0.25) is 5.02 Å². The minimum absolute atomic E-state index is 0.336. The molecule has 2 aromatic rings. The van der Waals surface area contributed by atoms with Crippen LogP contribution in [0, 0.1) is 19.8 Å². The summed E-state index contributed by atoms with van der Waals surface area (Å²) in [5.41, 5.74) is 1.87. The van der Waals surface area contributed by atoms with E-state index in [9.17, 15) is 18.3 Å². The Morgan fingerprint density at radius 3 is 2.48 bits per heavy atom. The molecule has 144 valence electrons. The first-order valence-electron chi connectivity index (χ1n) is 8.44. The van der Waals surface area contributed by atoms with Gasteiger partial charge in [-0.1, -0.05) is 53.0 Å². The molecule has 0 saturated heterocycles. The molecule has 7 heteroatoms. The zero-order chi connectivity index (χ0) is 19.9. The highest BCUT2D eigenvalue weighted by molar-refractivity contribution is 6.31. The lowest BCUT2D eigenvalue weighted by Gasteiger charge is -2.20. The number of rotatable bonds is 3. The number of nitrogens with zero attached hydrogens (tertiary/aromatic N) is 1. The maximum absolute atomic E-state index is 13.1. The quantitative estimate of drug-likeness (QED) is 0.714. The maximum Gasteiger partial charge on any atom is 0.416 e. The molecule has 1 heterocycles. The van der Waals surface area contributed by atoms with Gasteiger partial charge in [0.15, 0.2) is 6.10 Å². The van der Waals surface area contributed by atoms with E-state index in [0.29, 0.717) is 27.4 Å². The Morgan fingerprint density at radius 2 is 1.81 bits per heavy atom. The molecule has 2 aromatic carbocycles. The fourth-order valence-corrected chi connectivity index (χ4v) is 3.49. The lowest BCUT2D eigenvalue weighted by atomic mass is 9.87. The van der Waals surface area contributed by atoms with Crippen LogP contribution in [0.3, 0.4) is 0 Å². The van der Waals surface area contributed by atoms with Gasteiger partial charge in [0.25, 0.3) is 0 Å². The van der Waals surface area contributed by atoms with Crippen molar-refractivity contribution in [1.29, 1.82) is 0 Å². The Morgan fingerprint density at radius 1 is 1.11 bits per heavy atom. The summed E-state index contributed by atoms with van der Waals surface area (Å²) in [4.78, 5) is 5.42. The van der Waals surface area contributed by atoms with Gasteiger partial charge in [-0.05, 0) is 37.6 Å². The van der Waals surface area contributed by atoms with Crippen molar-refractivity contribution >= 4 is 17.3 Å². The fraction of sp³-hybridized carbons (Fsp3) is 0.350. The molecule has 0 aromatic heterocycles. The number of alkyl halides is 3. The third-order valence-electron chi connectivity index (χ3n) is 4.67. The van der Waals surface area contributed by atoms with Crippen LogP contribution in [0.15, 0.2) is 41.6 Å². The molecule has 27 heavy (non-hydrogen) atoms. The summed E-state index contributed by atoms with van der Waals surface area (Å²) in [6, 6.07) is 9.06. The molecule has 1 aliphatic heterocycles. The summed E-state index contributed by atoms with van der Waals surface area (Å²) in [7, 11) is 0. The summed E-state index contributed by atoms with van der Waals surface area (Å²) < 4.78 is 39.3. The van der Waals surface area contributed by atoms with Crippen molar-refractivity contribution in [2.24, 2.45) is 11.1 Å². The number of aliphatic hydroxyl groups is 1. The van der Waals surface area contributed by atoms with Gasteiger partial charge in [0.2, 0.25) is 0 Å². The summed E-state index contributed by atoms with van der Waals surface area (Å²) >= 11 is 6.18. The highest BCUT2D eigenvalue weighted by atomic mass is 35.5. The molecule has 3 atom stereocenters. The molecule has 0 spiro atoms. The first-order chi connectivity index (χ1) is 12.6. The maximum atomic E-state index is 13.1. The van der Waals surface area contributed by atoms with Gasteiger partial charge >= 0.3 is 6.18 Å². The highest BCUT2D eigenvalue weighted by Crippen LogP contribution is 2.40. The second kappa shape index (κ2) is 7.17. The molecule has 1 aliphatic rings. The van der Waals surface area contributed by atoms with E-state index in [1.165, 1.54) is 0 Å². The van der Waals surface area contributed by atoms with Gasteiger partial charge in [-0.15, -0.1) is 0 Å². The van der Waals surface area contributed by atoms with Gasteiger partial charge < -0.3 is 9.94 Å². The van der Waals surface area contributed by atoms with Gasteiger partial charge in [0.1, 0.15) is 6.10 Å². The first-order valence-corrected chi connectivity index (χ1v) is 8.82. The van der Waals surface area contributed by atoms with E-state index in [1.807, 2.05) is 13.0 Å². The molecule has 3 rings (SSSR count). The van der Waals surface area contributed by atoms with E-state index in [1.54, 1.807) is 32.0 Å². The smallest absolute Gasteiger partial charge is 0.387 e. The van der Waals surface area contributed by atoms with Gasteiger partial charge in [-0.3, -0.25) is 0 Å². The van der Waals surface area contributed by atoms with Gasteiger partial charge in [0.05, 0.1) is 11.3 Å². The Bertz CT molecular complexity index is 895. The minimum atomic E-state index is -4.44. The molecule has 0 radical (unpaired) electrons. The van der Waals surface area contributed by atoms with E-state index in [0.717, 1.165) is 17.7 Å². The zero-order valence-corrected chi connectivity index (χ0v) is 15.8. The molecular formula is C20H19ClF3NO2. The van der Waals surface area contributed by atoms with Crippen LogP contribution < -0.4 is 0 Å². The van der Waals surface area contributed by atoms with Crippen LogP contribution in [-0.2, 0) is 11.0 Å². The molecular weight excluding hydrogens is 379 g/mol. The summed E-state index contributed by atoms with van der Waals surface area (Å²) in [6.07, 6.45) is -6.25. The number of halogens is 4. The molecule has 0 amide bonds. The average Bonchev–Trinajstić information content (AvgIpc) is 2.96. The number of oxime groups is 1. The molecule has 0 bridgehead atoms. The van der Waals surface area contributed by atoms with Crippen molar-refractivity contribution in [3.63, 3.8) is 0 Å². The predicted octanol–water partition coefficient (Wildman–Crippen LogP) is 5.77. The van der Waals surface area contributed by atoms with Crippen molar-refractivity contribution in [2.45, 2.75) is 39.2 Å². The molecule has 1 N–H and O–H groups in total. The molecule has 0 saturated carbocycles. The first kappa shape index (κ1) is 19.7. The minimum Gasteiger partial charge on any atom is -0.387 e. The summed E-state index contributed by atoms with van der Waals surface area (Å²) in [5, 5.41) is 15.1. The average molecular weight is 398 g/mol. The summed E-state index contributed by atoms with van der Waals surface area (Å²) in [5.74, 6) is -0.417. The normalized spacial score (nSPS) is 21.0. The predicted molar refractivity (Wildman–Crippen MR) is 97.8 cm³/mol. The van der Waals surface area contributed by atoms with Crippen LogP contribution in [-0.4, -0.2) is 10.8 Å². The van der Waals surface area contributed by atoms with E-state index in [2.05, 4.69) is 5.16 Å². The molecule has 3 nitrogen and oxygen atoms in total. The van der Waals surface area contributed by atoms with Crippen molar-refractivity contribution in [2.75, 3.05) is 0 Å². The van der Waals surface area contributed by atoms with Gasteiger partial charge in [0, 0.05) is 16.5 Å². The molecule has 0 aliphatic carbocycles. The second-order valence-electron chi connectivity index (χ2n) is 6.89. The Labute approximate surface area is 160 Å². The third kappa shape index (κ3) is 3.96. The Hall–Kier alpha value is -2.05. The number of aliphatic hydroxyl groups excluding tert-OH is 1. The highest BCUT2D eigenvalue weighted by Gasteiger charge is 2.38. The van der Waals surface area contributed by atoms with E-state index < -0.39 is 29.9 Å². The number of benzene rings is 2. The lowest BCUT2D eigenvalue weighted by Crippen LogP contribution is -2.21. The SMILES string of the molecule is Cc1cc(C2ON=C(C(O)c3cc(C)ccc3Cl)C2C)cc(C(F)(F)F)c1. The zero-order valence-electron chi connectivity index (χ0n) is 15.0. The second-order valence-corrected chi connectivity index (χ2v) is 7.30.